The zero-order valence-electron chi connectivity index (χ0n) is 15.3. The minimum absolute atomic E-state index is 0.428. The summed E-state index contributed by atoms with van der Waals surface area (Å²) in [7, 11) is 0. The number of nitriles is 1. The molecule has 2 rings (SSSR count). The van der Waals surface area contributed by atoms with Gasteiger partial charge in [-0.15, -0.1) is 0 Å². The second-order valence-corrected chi connectivity index (χ2v) is 4.66. The van der Waals surface area contributed by atoms with E-state index in [9.17, 15) is 4.79 Å². The van der Waals surface area contributed by atoms with Gasteiger partial charge in [0.05, 0.1) is 11.6 Å². The van der Waals surface area contributed by atoms with E-state index in [1.807, 2.05) is 57.2 Å². The van der Waals surface area contributed by atoms with Crippen LogP contribution in [-0.4, -0.2) is 10.9 Å². The molecule has 0 unspecified atom stereocenters. The maximum Gasteiger partial charge on any atom is 0.248 e. The second-order valence-electron chi connectivity index (χ2n) is 4.66. The Hall–Kier alpha value is -3.19. The van der Waals surface area contributed by atoms with E-state index in [1.165, 1.54) is 6.08 Å². The summed E-state index contributed by atoms with van der Waals surface area (Å²) in [5, 5.41) is 9.03. The molecular weight excluding hydrogens is 310 g/mol. The molecule has 0 aliphatic rings. The van der Waals surface area contributed by atoms with Crippen LogP contribution < -0.4 is 5.73 Å². The number of aryl methyl sites for hydroxylation is 1. The smallest absolute Gasteiger partial charge is 0.248 e. The zero-order valence-corrected chi connectivity index (χ0v) is 15.3. The summed E-state index contributed by atoms with van der Waals surface area (Å²) in [6.07, 6.45) is 4.81. The third-order valence-electron chi connectivity index (χ3n) is 3.06. The van der Waals surface area contributed by atoms with Crippen LogP contribution in [0.1, 0.15) is 32.0 Å². The van der Waals surface area contributed by atoms with E-state index in [4.69, 9.17) is 11.0 Å². The summed E-state index contributed by atoms with van der Waals surface area (Å²) < 4.78 is 0. The van der Waals surface area contributed by atoms with E-state index in [1.54, 1.807) is 19.2 Å². The van der Waals surface area contributed by atoms with Crippen LogP contribution in [0.2, 0.25) is 0 Å². The molecule has 130 valence electrons. The largest absolute Gasteiger partial charge is 0.366 e. The Morgan fingerprint density at radius 2 is 1.88 bits per heavy atom. The third-order valence-corrected chi connectivity index (χ3v) is 3.06. The topological polar surface area (TPSA) is 79.8 Å². The van der Waals surface area contributed by atoms with Crippen LogP contribution in [0.5, 0.6) is 0 Å². The number of nitrogens with two attached hydrogens (primary N) is 1. The Labute approximate surface area is 150 Å². The van der Waals surface area contributed by atoms with Gasteiger partial charge in [-0.3, -0.25) is 9.78 Å². The molecular formula is C21H25N3O. The van der Waals surface area contributed by atoms with Crippen molar-refractivity contribution in [3.05, 3.63) is 78.2 Å². The van der Waals surface area contributed by atoms with E-state index in [0.717, 1.165) is 16.8 Å². The Balaban J connectivity index is 0.000000493. The van der Waals surface area contributed by atoms with Crippen LogP contribution >= 0.6 is 0 Å². The maximum atomic E-state index is 10.2. The van der Waals surface area contributed by atoms with Crippen molar-refractivity contribution in [1.82, 2.24) is 4.98 Å². The van der Waals surface area contributed by atoms with E-state index < -0.39 is 5.91 Å². The van der Waals surface area contributed by atoms with Crippen LogP contribution in [0.4, 0.5) is 0 Å². The maximum absolute atomic E-state index is 10.2. The molecule has 4 heteroatoms. The van der Waals surface area contributed by atoms with Gasteiger partial charge >= 0.3 is 0 Å². The van der Waals surface area contributed by atoms with Gasteiger partial charge in [-0.2, -0.15) is 5.26 Å². The number of rotatable bonds is 3. The highest BCUT2D eigenvalue weighted by molar-refractivity contribution is 5.94. The van der Waals surface area contributed by atoms with Gasteiger partial charge < -0.3 is 5.73 Å². The normalized spacial score (nSPS) is 9.48. The quantitative estimate of drug-likeness (QED) is 0.659. The Kier molecular flexibility index (Phi) is 10.7. The van der Waals surface area contributed by atoms with Gasteiger partial charge in [0, 0.05) is 23.0 Å². The number of carbonyl (C=O) groups excluding carboxylic acids is 1. The summed E-state index contributed by atoms with van der Waals surface area (Å²) >= 11 is 0. The summed E-state index contributed by atoms with van der Waals surface area (Å²) in [5.74, 6) is -0.428. The molecule has 0 radical (unpaired) electrons. The number of amides is 1. The van der Waals surface area contributed by atoms with Gasteiger partial charge in [-0.05, 0) is 25.5 Å². The van der Waals surface area contributed by atoms with Crippen molar-refractivity contribution in [2.75, 3.05) is 0 Å². The molecule has 0 saturated carbocycles. The van der Waals surface area contributed by atoms with Crippen molar-refractivity contribution in [3.63, 3.8) is 0 Å². The molecule has 0 aliphatic heterocycles. The van der Waals surface area contributed by atoms with Gasteiger partial charge in [-0.25, -0.2) is 0 Å². The lowest BCUT2D eigenvalue weighted by Crippen LogP contribution is -2.11. The lowest BCUT2D eigenvalue weighted by Gasteiger charge is -2.03. The molecule has 1 aromatic carbocycles. The predicted octanol–water partition coefficient (Wildman–Crippen LogP) is 4.56. The number of aromatic nitrogens is 1. The van der Waals surface area contributed by atoms with Gasteiger partial charge in [0.1, 0.15) is 0 Å². The average Bonchev–Trinajstić information content (AvgIpc) is 2.65. The number of hydrogen-bond acceptors (Lipinski definition) is 3. The summed E-state index contributed by atoms with van der Waals surface area (Å²) in [6.45, 7) is 11.0. The predicted molar refractivity (Wildman–Crippen MR) is 104 cm³/mol. The van der Waals surface area contributed by atoms with E-state index in [-0.39, 0.29) is 0 Å². The highest BCUT2D eigenvalue weighted by Gasteiger charge is 2.04. The van der Waals surface area contributed by atoms with Crippen LogP contribution in [0.15, 0.2) is 66.9 Å². The number of hydrogen-bond donors (Lipinski definition) is 1. The molecule has 4 nitrogen and oxygen atoms in total. The Bertz CT molecular complexity index is 756. The van der Waals surface area contributed by atoms with Crippen molar-refractivity contribution in [1.29, 1.82) is 5.26 Å². The van der Waals surface area contributed by atoms with Gasteiger partial charge in [0.25, 0.3) is 0 Å². The zero-order chi connectivity index (χ0) is 19.2. The molecule has 0 aliphatic carbocycles. The molecule has 0 fully saturated rings. The van der Waals surface area contributed by atoms with E-state index in [0.29, 0.717) is 11.1 Å². The van der Waals surface area contributed by atoms with Gasteiger partial charge in [0.2, 0.25) is 5.91 Å². The standard InChI is InChI=1S/C13H10N2.C6H9NO.C2H6/c1-10-7-12(8-14)13(9-15-10)11-5-3-2-4-6-11;1-3-5(4-2)6(7)8;1-2/h2-7,9H,1H3;3-4H,1H2,2H3,(H2,7,8);1-2H3/b;5-4+;. The van der Waals surface area contributed by atoms with Crippen molar-refractivity contribution < 1.29 is 4.79 Å². The fourth-order valence-electron chi connectivity index (χ4n) is 1.86. The minimum atomic E-state index is -0.428. The number of pyridine rings is 1. The first kappa shape index (κ1) is 21.8. The number of carbonyl (C=O) groups is 1. The fraction of sp³-hybridized carbons (Fsp3) is 0.190. The molecule has 0 saturated heterocycles. The summed E-state index contributed by atoms with van der Waals surface area (Å²) in [6, 6.07) is 13.8. The first-order chi connectivity index (χ1) is 12.0. The molecule has 0 bridgehead atoms. The van der Waals surface area contributed by atoms with Gasteiger partial charge in [-0.1, -0.05) is 62.9 Å². The SMILES string of the molecule is C=C/C(=C\C)C(N)=O.CC.Cc1cc(C#N)c(-c2ccccc2)cn1. The van der Waals surface area contributed by atoms with Gasteiger partial charge in [0.15, 0.2) is 0 Å². The number of nitrogens with zero attached hydrogens (tertiary/aromatic N) is 2. The first-order valence-electron chi connectivity index (χ1n) is 8.04. The van der Waals surface area contributed by atoms with Crippen molar-refractivity contribution in [2.45, 2.75) is 27.7 Å². The van der Waals surface area contributed by atoms with E-state index in [2.05, 4.69) is 17.6 Å². The highest BCUT2D eigenvalue weighted by Crippen LogP contribution is 2.22. The number of benzene rings is 1. The Morgan fingerprint density at radius 3 is 2.28 bits per heavy atom. The third kappa shape index (κ3) is 7.28. The minimum Gasteiger partial charge on any atom is -0.366 e. The number of primary amides is 1. The van der Waals surface area contributed by atoms with Crippen molar-refractivity contribution in [3.8, 4) is 17.2 Å². The molecule has 2 aromatic rings. The molecule has 1 amide bonds. The van der Waals surface area contributed by atoms with Crippen molar-refractivity contribution >= 4 is 5.91 Å². The molecule has 1 heterocycles. The summed E-state index contributed by atoms with van der Waals surface area (Å²) in [4.78, 5) is 14.5. The first-order valence-corrected chi connectivity index (χ1v) is 8.04. The van der Waals surface area contributed by atoms with Crippen molar-refractivity contribution in [2.24, 2.45) is 5.73 Å². The lowest BCUT2D eigenvalue weighted by molar-refractivity contribution is -0.114. The van der Waals surface area contributed by atoms with E-state index >= 15 is 0 Å². The molecule has 0 atom stereocenters. The van der Waals surface area contributed by atoms with Crippen LogP contribution in [-0.2, 0) is 4.79 Å². The Morgan fingerprint density at radius 1 is 1.28 bits per heavy atom. The molecule has 1 aromatic heterocycles. The summed E-state index contributed by atoms with van der Waals surface area (Å²) in [5.41, 5.74) is 8.81. The lowest BCUT2D eigenvalue weighted by atomic mass is 10.0. The molecule has 25 heavy (non-hydrogen) atoms. The highest BCUT2D eigenvalue weighted by atomic mass is 16.1. The van der Waals surface area contributed by atoms with Crippen LogP contribution in [0.3, 0.4) is 0 Å². The second kappa shape index (κ2) is 12.3. The van der Waals surface area contributed by atoms with Crippen LogP contribution in [0.25, 0.3) is 11.1 Å². The molecule has 0 spiro atoms. The fourth-order valence-corrected chi connectivity index (χ4v) is 1.86. The molecule has 2 N–H and O–H groups in total. The number of allylic oxidation sites excluding steroid dienone is 1. The average molecular weight is 335 g/mol. The van der Waals surface area contributed by atoms with Crippen LogP contribution in [0, 0.1) is 18.3 Å². The monoisotopic (exact) mass is 335 g/mol.